The van der Waals surface area contributed by atoms with E-state index in [9.17, 15) is 59.9 Å². The van der Waals surface area contributed by atoms with Gasteiger partial charge in [-0.15, -0.1) is 0 Å². The minimum atomic E-state index is -5.32. The highest BCUT2D eigenvalue weighted by Crippen LogP contribution is 2.48. The fourth-order valence-corrected chi connectivity index (χ4v) is 10.2. The molecule has 0 aromatic heterocycles. The van der Waals surface area contributed by atoms with Crippen LogP contribution in [0.2, 0.25) is 5.02 Å². The second-order valence-electron chi connectivity index (χ2n) is 21.5. The molecule has 3 atom stereocenters. The number of anilines is 1. The summed E-state index contributed by atoms with van der Waals surface area (Å²) in [4.78, 5) is 94.3. The number of halogens is 7. The quantitative estimate of drug-likeness (QED) is 0.0123. The van der Waals surface area contributed by atoms with Crippen LogP contribution in [0.1, 0.15) is 70.6 Å². The summed E-state index contributed by atoms with van der Waals surface area (Å²) in [6.07, 6.45) is -10.1. The molecule has 8 N–H and O–H groups in total. The largest absolute Gasteiger partial charge is 0.509 e. The van der Waals surface area contributed by atoms with Gasteiger partial charge >= 0.3 is 36.0 Å². The molecule has 94 heavy (non-hydrogen) atoms. The molecule has 1 aromatic rings. The van der Waals surface area contributed by atoms with Crippen molar-refractivity contribution in [2.45, 2.75) is 101 Å². The van der Waals surface area contributed by atoms with Gasteiger partial charge in [-0.2, -0.15) is 26.3 Å². The van der Waals surface area contributed by atoms with Gasteiger partial charge in [-0.1, -0.05) is 18.0 Å². The van der Waals surface area contributed by atoms with E-state index in [4.69, 9.17) is 74.2 Å². The van der Waals surface area contributed by atoms with E-state index in [2.05, 4.69) is 31.6 Å². The first-order chi connectivity index (χ1) is 45.1. The number of carbonyl (C=O) groups excluding carboxylic acids is 7. The molecule has 35 heteroatoms. The van der Waals surface area contributed by atoms with Crippen LogP contribution >= 0.6 is 11.6 Å². The number of amides is 7. The van der Waals surface area contributed by atoms with Crippen LogP contribution in [0, 0.1) is 0 Å². The number of quaternary nitrogens is 1. The van der Waals surface area contributed by atoms with Gasteiger partial charge in [0, 0.05) is 75.5 Å². The molecule has 2 aliphatic rings. The zero-order valence-electron chi connectivity index (χ0n) is 53.4. The number of alkyl halides is 6. The van der Waals surface area contributed by atoms with Crippen molar-refractivity contribution in [2.24, 2.45) is 10.7 Å². The highest BCUT2D eigenvalue weighted by atomic mass is 35.5. The van der Waals surface area contributed by atoms with E-state index in [1.807, 2.05) is 0 Å². The second kappa shape index (κ2) is 48.3. The number of aliphatic imine (C=N–C) groups is 1. The van der Waals surface area contributed by atoms with E-state index in [1.54, 1.807) is 7.11 Å². The number of methoxy groups -OCH3 is 1. The number of hydrogen-bond donors (Lipinski definition) is 7. The monoisotopic (exact) mass is 1380 g/mol. The summed E-state index contributed by atoms with van der Waals surface area (Å²) in [5.74, 6) is -9.63. The van der Waals surface area contributed by atoms with Gasteiger partial charge in [-0.25, -0.2) is 9.28 Å². The average Bonchev–Trinajstić information content (AvgIpc) is 0.725. The molecule has 28 nitrogen and oxygen atoms in total. The Balaban J connectivity index is 1.31. The van der Waals surface area contributed by atoms with Gasteiger partial charge < -0.3 is 89.2 Å². The lowest BCUT2D eigenvalue weighted by molar-refractivity contribution is -0.918. The lowest BCUT2D eigenvalue weighted by Gasteiger charge is -2.57. The van der Waals surface area contributed by atoms with Crippen molar-refractivity contribution in [3.8, 4) is 0 Å². The van der Waals surface area contributed by atoms with Crippen molar-refractivity contribution in [1.82, 2.24) is 26.6 Å². The van der Waals surface area contributed by atoms with Gasteiger partial charge in [-0.3, -0.25) is 39.1 Å². The molecule has 1 saturated heterocycles. The van der Waals surface area contributed by atoms with E-state index in [-0.39, 0.29) is 83.5 Å². The summed E-state index contributed by atoms with van der Waals surface area (Å²) < 4.78 is 146. The van der Waals surface area contributed by atoms with Crippen molar-refractivity contribution in [3.63, 3.8) is 0 Å². The molecule has 2 fully saturated rings. The van der Waals surface area contributed by atoms with Crippen molar-refractivity contribution in [1.29, 1.82) is 0 Å². The fourth-order valence-electron chi connectivity index (χ4n) is 10.1. The lowest BCUT2D eigenvalue weighted by Crippen LogP contribution is -2.76. The lowest BCUT2D eigenvalue weighted by atomic mass is 9.70. The first kappa shape index (κ1) is 82.8. The smallest absolute Gasteiger partial charge is 0.382 e. The van der Waals surface area contributed by atoms with E-state index in [0.29, 0.717) is 156 Å². The van der Waals surface area contributed by atoms with Gasteiger partial charge in [0.1, 0.15) is 18.1 Å². The third kappa shape index (κ3) is 35.5. The first-order valence-electron chi connectivity index (χ1n) is 31.3. The molecule has 1 aliphatic heterocycles. The maximum atomic E-state index is 14.7. The highest BCUT2D eigenvalue weighted by molar-refractivity contribution is 6.39. The van der Waals surface area contributed by atoms with Crippen LogP contribution < -0.4 is 37.6 Å². The number of ether oxygens (including phenoxy) is 12. The van der Waals surface area contributed by atoms with Crippen LogP contribution in [-0.4, -0.2) is 274 Å². The SMILES string of the molecule is COCCOCCOCCOCCOCCOCCOCCOCCOCCOCCOCCOCCNC(=O)CCC(=O)N[C@@H](CCCN=C(N)NC(=O)C(F)(F)F)C(=O)NCC[N+]1(C(=O)C(F)(F)F)CCC(NC(=O)C(=O)Nc2ccc(Cl)cc2)CC12CCCCC2. The van der Waals surface area contributed by atoms with Crippen LogP contribution in [-0.2, 0) is 90.4 Å². The maximum absolute atomic E-state index is 14.7. The van der Waals surface area contributed by atoms with Crippen molar-refractivity contribution < 1.29 is 121 Å². The molecular formula is C59H95ClF6N9O19+. The molecule has 0 radical (unpaired) electrons. The molecule has 3 rings (SSSR count). The zero-order chi connectivity index (χ0) is 68.8. The molecule has 1 saturated carbocycles. The number of hydrogen-bond acceptors (Lipinski definition) is 20. The van der Waals surface area contributed by atoms with Crippen molar-refractivity contribution >= 4 is 64.6 Å². The van der Waals surface area contributed by atoms with Crippen LogP contribution in [0.25, 0.3) is 0 Å². The number of nitrogens with zero attached hydrogens (tertiary/aromatic N) is 2. The predicted octanol–water partition coefficient (Wildman–Crippen LogP) is 2.27. The number of guanidine groups is 1. The van der Waals surface area contributed by atoms with Crippen LogP contribution in [0.5, 0.6) is 0 Å². The summed E-state index contributed by atoms with van der Waals surface area (Å²) in [5, 5.41) is 14.4. The molecule has 1 aliphatic carbocycles. The van der Waals surface area contributed by atoms with E-state index < -0.39 is 108 Å². The van der Waals surface area contributed by atoms with Gasteiger partial charge in [0.05, 0.1) is 165 Å². The Labute approximate surface area is 548 Å². The minimum Gasteiger partial charge on any atom is -0.382 e. The van der Waals surface area contributed by atoms with E-state index >= 15 is 0 Å². The fraction of sp³-hybridized carbons (Fsp3) is 0.763. The average molecular weight is 1380 g/mol. The second-order valence-corrected chi connectivity index (χ2v) is 21.9. The number of likely N-dealkylation sites (tertiary alicyclic amines) is 1. The third-order valence-electron chi connectivity index (χ3n) is 14.6. The van der Waals surface area contributed by atoms with E-state index in [1.165, 1.54) is 29.6 Å². The van der Waals surface area contributed by atoms with Crippen molar-refractivity contribution in [3.05, 3.63) is 29.3 Å². The Morgan fingerprint density at radius 2 is 1.06 bits per heavy atom. The van der Waals surface area contributed by atoms with Crippen LogP contribution in [0.15, 0.2) is 29.3 Å². The topological polar surface area (TPSA) is 341 Å². The molecule has 7 amide bonds. The number of rotatable bonds is 50. The normalized spacial score (nSPS) is 16.9. The molecular weight excluding hydrogens is 1290 g/mol. The molecule has 1 spiro atoms. The summed E-state index contributed by atoms with van der Waals surface area (Å²) in [6, 6.07) is 3.69. The third-order valence-corrected chi connectivity index (χ3v) is 14.9. The maximum Gasteiger partial charge on any atom is 0.509 e. The Morgan fingerprint density at radius 1 is 0.606 bits per heavy atom. The predicted molar refractivity (Wildman–Crippen MR) is 326 cm³/mol. The molecule has 538 valence electrons. The van der Waals surface area contributed by atoms with Gasteiger partial charge in [0.25, 0.3) is 0 Å². The number of benzene rings is 1. The Morgan fingerprint density at radius 3 is 1.52 bits per heavy atom. The number of carbonyl (C=O) groups is 7. The van der Waals surface area contributed by atoms with Crippen LogP contribution in [0.3, 0.4) is 0 Å². The molecule has 1 heterocycles. The van der Waals surface area contributed by atoms with Crippen molar-refractivity contribution in [2.75, 3.05) is 197 Å². The molecule has 0 bridgehead atoms. The van der Waals surface area contributed by atoms with E-state index in [0.717, 1.165) is 0 Å². The highest BCUT2D eigenvalue weighted by Gasteiger charge is 2.65. The first-order valence-corrected chi connectivity index (χ1v) is 31.7. The molecule has 2 unspecified atom stereocenters. The number of nitrogens with one attached hydrogen (secondary N) is 6. The standard InChI is InChI=1S/C59H94ClF6N9O19/c1-83-22-23-85-26-27-87-30-31-89-34-35-91-38-39-93-42-43-94-41-40-92-37-36-90-33-32-88-29-28-86-25-24-84-21-18-68-49(76)11-12-50(77)73-48(6-5-16-70-56(67)74-54(81)58(61,62)63)51(78)69-17-20-75(55(82)59(64,65)66)19-13-47(44-57(75)14-3-2-4-15-57)72-53(80)52(79)71-46-9-7-45(60)8-10-46/h7-10,47-48H,2-6,11-44H2,1H3,(H7-,67,68,69,70,71,72,73,74,76,77,78,79,80,81)/p+1/t47?,48-,75?/m0/s1. The number of nitrogens with two attached hydrogens (primary N) is 1. The van der Waals surface area contributed by atoms with Gasteiger partial charge in [-0.05, 0) is 49.9 Å². The summed E-state index contributed by atoms with van der Waals surface area (Å²) >= 11 is 5.91. The summed E-state index contributed by atoms with van der Waals surface area (Å²) in [6.45, 7) is 7.52. The Hall–Kier alpha value is -5.47. The Kier molecular flexibility index (Phi) is 42.5. The summed E-state index contributed by atoms with van der Waals surface area (Å²) in [5.41, 5.74) is 4.32. The number of piperidine rings is 1. The van der Waals surface area contributed by atoms with Gasteiger partial charge in [0.15, 0.2) is 5.96 Å². The van der Waals surface area contributed by atoms with Crippen LogP contribution in [0.4, 0.5) is 32.0 Å². The minimum absolute atomic E-state index is 0.0767. The summed E-state index contributed by atoms with van der Waals surface area (Å²) in [7, 11) is 1.62. The van der Waals surface area contributed by atoms with Gasteiger partial charge in [0.2, 0.25) is 17.7 Å². The molecule has 1 aromatic carbocycles. The zero-order valence-corrected chi connectivity index (χ0v) is 54.2. The Bertz CT molecular complexity index is 2370.